The van der Waals surface area contributed by atoms with Gasteiger partial charge in [0.05, 0.1) is 0 Å². The highest BCUT2D eigenvalue weighted by molar-refractivity contribution is 5.68. The molecule has 9 heavy (non-hydrogen) atoms. The molecule has 0 amide bonds. The van der Waals surface area contributed by atoms with E-state index in [1.54, 1.807) is 0 Å². The number of carboxylic acids is 1. The van der Waals surface area contributed by atoms with E-state index in [0.717, 1.165) is 13.8 Å². The highest BCUT2D eigenvalue weighted by Crippen LogP contribution is 2.08. The Bertz CT molecular complexity index is 105. The van der Waals surface area contributed by atoms with Gasteiger partial charge in [-0.1, -0.05) is 0 Å². The summed E-state index contributed by atoms with van der Waals surface area (Å²) in [7, 11) is 0. The number of halogens is 1. The molecule has 0 aliphatic carbocycles. The third-order valence-electron chi connectivity index (χ3n) is 0.539. The zero-order valence-corrected chi connectivity index (χ0v) is 5.35. The zero-order chi connectivity index (χ0) is 7.49. The summed E-state index contributed by atoms with van der Waals surface area (Å²) >= 11 is 0. The summed E-state index contributed by atoms with van der Waals surface area (Å²) in [4.78, 5) is 9.75. The van der Waals surface area contributed by atoms with Crippen LogP contribution in [-0.4, -0.2) is 23.5 Å². The zero-order valence-electron chi connectivity index (χ0n) is 5.35. The van der Waals surface area contributed by atoms with Crippen molar-refractivity contribution in [1.29, 1.82) is 0 Å². The van der Waals surface area contributed by atoms with Crippen LogP contribution in [0.2, 0.25) is 0 Å². The maximum atomic E-state index is 12.3. The number of carboxylic acid groups (broad SMARTS) is 1. The Morgan fingerprint density at radius 1 is 1.78 bits per heavy atom. The van der Waals surface area contributed by atoms with E-state index < -0.39 is 18.4 Å². The molecular formula is C5H9FO3. The standard InChI is InChI=1S/C5H9FO3/c1-5(2,6)9-3-4(7)8/h3H2,1-2H3,(H,7,8). The van der Waals surface area contributed by atoms with Crippen LogP contribution in [0.15, 0.2) is 0 Å². The van der Waals surface area contributed by atoms with E-state index >= 15 is 0 Å². The normalized spacial score (nSPS) is 11.4. The fourth-order valence-electron chi connectivity index (χ4n) is 0.233. The van der Waals surface area contributed by atoms with Crippen LogP contribution in [0, 0.1) is 0 Å². The molecule has 0 saturated heterocycles. The number of ether oxygens (including phenoxy) is 1. The molecule has 3 nitrogen and oxygen atoms in total. The quantitative estimate of drug-likeness (QED) is 0.624. The lowest BCUT2D eigenvalue weighted by atomic mass is 10.4. The number of hydrogen-bond acceptors (Lipinski definition) is 2. The van der Waals surface area contributed by atoms with Crippen LogP contribution in [0.4, 0.5) is 4.39 Å². The van der Waals surface area contributed by atoms with Gasteiger partial charge in [-0.3, -0.25) is 0 Å². The molecule has 0 bridgehead atoms. The highest BCUT2D eigenvalue weighted by atomic mass is 19.2. The van der Waals surface area contributed by atoms with Gasteiger partial charge < -0.3 is 9.84 Å². The van der Waals surface area contributed by atoms with Crippen LogP contribution in [-0.2, 0) is 9.53 Å². The number of carbonyl (C=O) groups is 1. The Morgan fingerprint density at radius 3 is 2.33 bits per heavy atom. The summed E-state index contributed by atoms with van der Waals surface area (Å²) < 4.78 is 16.5. The van der Waals surface area contributed by atoms with Gasteiger partial charge in [-0.05, 0) is 13.8 Å². The Balaban J connectivity index is 3.39. The fraction of sp³-hybridized carbons (Fsp3) is 0.800. The van der Waals surface area contributed by atoms with E-state index in [2.05, 4.69) is 4.74 Å². The maximum absolute atomic E-state index is 12.3. The Morgan fingerprint density at radius 2 is 2.22 bits per heavy atom. The van der Waals surface area contributed by atoms with Crippen molar-refractivity contribution < 1.29 is 19.0 Å². The van der Waals surface area contributed by atoms with Crippen LogP contribution in [0.25, 0.3) is 0 Å². The summed E-state index contributed by atoms with van der Waals surface area (Å²) in [6, 6.07) is 0. The average Bonchev–Trinajstić information content (AvgIpc) is 1.59. The lowest BCUT2D eigenvalue weighted by Crippen LogP contribution is -2.21. The Labute approximate surface area is 52.4 Å². The van der Waals surface area contributed by atoms with Crippen molar-refractivity contribution in [3.05, 3.63) is 0 Å². The summed E-state index contributed by atoms with van der Waals surface area (Å²) in [6.07, 6.45) is 0. The topological polar surface area (TPSA) is 46.5 Å². The second-order valence-corrected chi connectivity index (χ2v) is 2.05. The van der Waals surface area contributed by atoms with Crippen molar-refractivity contribution in [1.82, 2.24) is 0 Å². The summed E-state index contributed by atoms with van der Waals surface area (Å²) in [5.41, 5.74) is 0. The molecule has 0 saturated carbocycles. The number of hydrogen-bond donors (Lipinski definition) is 1. The van der Waals surface area contributed by atoms with Gasteiger partial charge in [0.2, 0.25) is 5.85 Å². The smallest absolute Gasteiger partial charge is 0.329 e. The molecule has 0 heterocycles. The van der Waals surface area contributed by atoms with E-state index in [9.17, 15) is 9.18 Å². The molecule has 0 aromatic heterocycles. The number of alkyl halides is 1. The first-order valence-electron chi connectivity index (χ1n) is 2.46. The summed E-state index contributed by atoms with van der Waals surface area (Å²) in [5.74, 6) is -3.01. The largest absolute Gasteiger partial charge is 0.480 e. The average molecular weight is 136 g/mol. The van der Waals surface area contributed by atoms with Gasteiger partial charge in [-0.15, -0.1) is 0 Å². The summed E-state index contributed by atoms with van der Waals surface area (Å²) in [5, 5.41) is 7.99. The molecule has 0 spiro atoms. The van der Waals surface area contributed by atoms with Crippen molar-refractivity contribution in [2.45, 2.75) is 19.7 Å². The van der Waals surface area contributed by atoms with Crippen molar-refractivity contribution in [2.75, 3.05) is 6.61 Å². The minimum absolute atomic E-state index is 0.594. The van der Waals surface area contributed by atoms with Crippen molar-refractivity contribution in [2.24, 2.45) is 0 Å². The Hall–Kier alpha value is -0.640. The van der Waals surface area contributed by atoms with Gasteiger partial charge in [0.1, 0.15) is 6.61 Å². The number of rotatable bonds is 3. The molecule has 0 radical (unpaired) electrons. The van der Waals surface area contributed by atoms with E-state index in [-0.39, 0.29) is 0 Å². The first kappa shape index (κ1) is 8.36. The van der Waals surface area contributed by atoms with Gasteiger partial charge in [0.25, 0.3) is 0 Å². The van der Waals surface area contributed by atoms with Crippen LogP contribution < -0.4 is 0 Å². The van der Waals surface area contributed by atoms with Crippen LogP contribution >= 0.6 is 0 Å². The van der Waals surface area contributed by atoms with Crippen molar-refractivity contribution in [3.8, 4) is 0 Å². The lowest BCUT2D eigenvalue weighted by Gasteiger charge is -2.12. The van der Waals surface area contributed by atoms with Crippen molar-refractivity contribution in [3.63, 3.8) is 0 Å². The van der Waals surface area contributed by atoms with E-state index in [1.165, 1.54) is 0 Å². The fourth-order valence-corrected chi connectivity index (χ4v) is 0.233. The molecule has 0 unspecified atom stereocenters. The number of aliphatic carboxylic acids is 1. The van der Waals surface area contributed by atoms with Gasteiger partial charge in [-0.2, -0.15) is 0 Å². The van der Waals surface area contributed by atoms with Gasteiger partial charge in [0, 0.05) is 0 Å². The van der Waals surface area contributed by atoms with E-state index in [1.807, 2.05) is 0 Å². The van der Waals surface area contributed by atoms with Crippen LogP contribution in [0.1, 0.15) is 13.8 Å². The minimum Gasteiger partial charge on any atom is -0.480 e. The third-order valence-corrected chi connectivity index (χ3v) is 0.539. The molecule has 0 atom stereocenters. The van der Waals surface area contributed by atoms with Gasteiger partial charge in [-0.25, -0.2) is 9.18 Å². The third kappa shape index (κ3) is 7.36. The molecular weight excluding hydrogens is 127 g/mol. The van der Waals surface area contributed by atoms with Gasteiger partial charge >= 0.3 is 5.97 Å². The molecule has 0 rings (SSSR count). The van der Waals surface area contributed by atoms with Crippen LogP contribution in [0.3, 0.4) is 0 Å². The lowest BCUT2D eigenvalue weighted by molar-refractivity contribution is -0.161. The SMILES string of the molecule is CC(C)(F)OCC(=O)O. The molecule has 54 valence electrons. The molecule has 0 aromatic rings. The molecule has 0 fully saturated rings. The molecule has 0 aromatic carbocycles. The molecule has 0 aliphatic rings. The first-order valence-corrected chi connectivity index (χ1v) is 2.46. The van der Waals surface area contributed by atoms with E-state index in [4.69, 9.17) is 5.11 Å². The molecule has 4 heteroatoms. The molecule has 1 N–H and O–H groups in total. The minimum atomic E-state index is -1.85. The van der Waals surface area contributed by atoms with Crippen LogP contribution in [0.5, 0.6) is 0 Å². The monoisotopic (exact) mass is 136 g/mol. The predicted molar refractivity (Wildman–Crippen MR) is 28.8 cm³/mol. The Kier molecular flexibility index (Phi) is 2.58. The van der Waals surface area contributed by atoms with E-state index in [0.29, 0.717) is 0 Å². The maximum Gasteiger partial charge on any atom is 0.329 e. The van der Waals surface area contributed by atoms with Gasteiger partial charge in [0.15, 0.2) is 0 Å². The first-order chi connectivity index (χ1) is 3.92. The highest BCUT2D eigenvalue weighted by Gasteiger charge is 2.16. The second-order valence-electron chi connectivity index (χ2n) is 2.05. The molecule has 0 aliphatic heterocycles. The summed E-state index contributed by atoms with van der Waals surface area (Å²) in [6.45, 7) is 1.70. The second kappa shape index (κ2) is 2.77. The predicted octanol–water partition coefficient (Wildman–Crippen LogP) is 0.793. The van der Waals surface area contributed by atoms with Crippen molar-refractivity contribution >= 4 is 5.97 Å².